The number of benzene rings is 3. The van der Waals surface area contributed by atoms with Crippen molar-refractivity contribution >= 4 is 23.1 Å². The minimum atomic E-state index is -0.818. The third-order valence-corrected chi connectivity index (χ3v) is 6.47. The Morgan fingerprint density at radius 2 is 1.61 bits per heavy atom. The Kier molecular flexibility index (Phi) is 6.63. The molecule has 6 heteroatoms. The second kappa shape index (κ2) is 9.53. The number of anilines is 1. The monoisotopic (exact) mass is 485 g/mol. The van der Waals surface area contributed by atoms with Crippen LogP contribution in [-0.4, -0.2) is 31.0 Å². The standard InChI is InChI=1S/C30H31NO5/c1-18-8-7-9-19(16-18)26-25(27(32)23-17-20(30(2,3)4)10-15-24(23)36-6)28(33)29(34)31(26)21-11-13-22(35-5)14-12-21/h7-17,26,32H,1-6H3/b27-25+. The summed E-state index contributed by atoms with van der Waals surface area (Å²) in [6.45, 7) is 8.13. The Balaban J connectivity index is 1.98. The number of ketones is 1. The van der Waals surface area contributed by atoms with Crippen molar-refractivity contribution in [2.24, 2.45) is 0 Å². The lowest BCUT2D eigenvalue weighted by Gasteiger charge is -2.26. The summed E-state index contributed by atoms with van der Waals surface area (Å²) in [5.74, 6) is -0.679. The lowest BCUT2D eigenvalue weighted by Crippen LogP contribution is -2.29. The third-order valence-electron chi connectivity index (χ3n) is 6.47. The second-order valence-electron chi connectivity index (χ2n) is 9.95. The highest BCUT2D eigenvalue weighted by Gasteiger charge is 2.47. The Morgan fingerprint density at radius 3 is 2.19 bits per heavy atom. The van der Waals surface area contributed by atoms with E-state index in [2.05, 4.69) is 20.8 Å². The number of carbonyl (C=O) groups excluding carboxylic acids is 2. The number of amides is 1. The van der Waals surface area contributed by atoms with Crippen molar-refractivity contribution in [2.45, 2.75) is 39.2 Å². The molecule has 0 saturated carbocycles. The molecule has 36 heavy (non-hydrogen) atoms. The van der Waals surface area contributed by atoms with E-state index in [1.54, 1.807) is 37.4 Å². The smallest absolute Gasteiger partial charge is 0.300 e. The van der Waals surface area contributed by atoms with Crippen LogP contribution in [-0.2, 0) is 15.0 Å². The van der Waals surface area contributed by atoms with Gasteiger partial charge in [-0.3, -0.25) is 14.5 Å². The van der Waals surface area contributed by atoms with Gasteiger partial charge in [0, 0.05) is 5.69 Å². The predicted molar refractivity (Wildman–Crippen MR) is 141 cm³/mol. The topological polar surface area (TPSA) is 76.1 Å². The highest BCUT2D eigenvalue weighted by molar-refractivity contribution is 6.51. The van der Waals surface area contributed by atoms with Gasteiger partial charge in [0.05, 0.1) is 31.4 Å². The van der Waals surface area contributed by atoms with Gasteiger partial charge < -0.3 is 14.6 Å². The van der Waals surface area contributed by atoms with Crippen LogP contribution in [0.1, 0.15) is 49.1 Å². The SMILES string of the molecule is COc1ccc(N2C(=O)C(=O)/C(=C(/O)c3cc(C(C)(C)C)ccc3OC)C2c2cccc(C)c2)cc1. The maximum atomic E-state index is 13.5. The van der Waals surface area contributed by atoms with Crippen molar-refractivity contribution in [3.63, 3.8) is 0 Å². The molecule has 0 spiro atoms. The zero-order chi connectivity index (χ0) is 26.2. The molecule has 4 rings (SSSR count). The van der Waals surface area contributed by atoms with Crippen molar-refractivity contribution in [3.05, 3.63) is 94.6 Å². The molecule has 1 atom stereocenters. The number of Topliss-reactive ketones (excluding diaryl/α,β-unsaturated/α-hetero) is 1. The molecule has 0 bridgehead atoms. The number of methoxy groups -OCH3 is 2. The van der Waals surface area contributed by atoms with E-state index in [-0.39, 0.29) is 16.7 Å². The summed E-state index contributed by atoms with van der Waals surface area (Å²) in [4.78, 5) is 28.4. The van der Waals surface area contributed by atoms with Crippen LogP contribution in [0.2, 0.25) is 0 Å². The van der Waals surface area contributed by atoms with Crippen LogP contribution < -0.4 is 14.4 Å². The van der Waals surface area contributed by atoms with Gasteiger partial charge >= 0.3 is 0 Å². The molecule has 186 valence electrons. The Labute approximate surface area is 211 Å². The molecule has 1 fully saturated rings. The molecule has 1 unspecified atom stereocenters. The Hall–Kier alpha value is -4.06. The average Bonchev–Trinajstić information content (AvgIpc) is 3.13. The first kappa shape index (κ1) is 25.0. The van der Waals surface area contributed by atoms with E-state index in [1.807, 2.05) is 43.3 Å². The lowest BCUT2D eigenvalue weighted by atomic mass is 9.85. The number of hydrogen-bond donors (Lipinski definition) is 1. The van der Waals surface area contributed by atoms with Crippen LogP contribution in [0.25, 0.3) is 5.76 Å². The molecule has 6 nitrogen and oxygen atoms in total. The van der Waals surface area contributed by atoms with E-state index in [0.29, 0.717) is 22.7 Å². The highest BCUT2D eigenvalue weighted by Crippen LogP contribution is 2.44. The third kappa shape index (κ3) is 4.47. The normalized spacial score (nSPS) is 17.4. The van der Waals surface area contributed by atoms with Gasteiger partial charge in [0.25, 0.3) is 11.7 Å². The van der Waals surface area contributed by atoms with Gasteiger partial charge in [-0.05, 0) is 59.9 Å². The molecule has 0 aromatic heterocycles. The molecule has 3 aromatic carbocycles. The largest absolute Gasteiger partial charge is 0.507 e. The van der Waals surface area contributed by atoms with Crippen LogP contribution in [0.3, 0.4) is 0 Å². The van der Waals surface area contributed by atoms with E-state index in [0.717, 1.165) is 16.7 Å². The minimum Gasteiger partial charge on any atom is -0.507 e. The van der Waals surface area contributed by atoms with Gasteiger partial charge in [-0.1, -0.05) is 56.7 Å². The van der Waals surface area contributed by atoms with Crippen LogP contribution in [0.4, 0.5) is 5.69 Å². The summed E-state index contributed by atoms with van der Waals surface area (Å²) in [6.07, 6.45) is 0. The number of aryl methyl sites for hydroxylation is 1. The summed E-state index contributed by atoms with van der Waals surface area (Å²) in [6, 6.07) is 19.2. The summed E-state index contributed by atoms with van der Waals surface area (Å²) in [5.41, 5.74) is 3.37. The fourth-order valence-corrected chi connectivity index (χ4v) is 4.50. The molecule has 1 amide bonds. The van der Waals surface area contributed by atoms with E-state index < -0.39 is 17.7 Å². The molecule has 0 aliphatic carbocycles. The number of ether oxygens (including phenoxy) is 2. The minimum absolute atomic E-state index is 0.0192. The van der Waals surface area contributed by atoms with E-state index in [1.165, 1.54) is 12.0 Å². The number of aliphatic hydroxyl groups excluding tert-OH is 1. The predicted octanol–water partition coefficient (Wildman–Crippen LogP) is 5.94. The molecular weight excluding hydrogens is 454 g/mol. The molecule has 1 N–H and O–H groups in total. The second-order valence-corrected chi connectivity index (χ2v) is 9.95. The summed E-state index contributed by atoms with van der Waals surface area (Å²) >= 11 is 0. The van der Waals surface area contributed by atoms with Crippen LogP contribution in [0.15, 0.2) is 72.3 Å². The molecule has 1 aliphatic rings. The first-order valence-corrected chi connectivity index (χ1v) is 11.8. The highest BCUT2D eigenvalue weighted by atomic mass is 16.5. The van der Waals surface area contributed by atoms with Gasteiger partial charge in [-0.25, -0.2) is 0 Å². The van der Waals surface area contributed by atoms with E-state index >= 15 is 0 Å². The molecule has 1 heterocycles. The summed E-state index contributed by atoms with van der Waals surface area (Å²) in [7, 11) is 3.07. The fourth-order valence-electron chi connectivity index (χ4n) is 4.50. The average molecular weight is 486 g/mol. The maximum Gasteiger partial charge on any atom is 0.300 e. The zero-order valence-corrected chi connectivity index (χ0v) is 21.5. The van der Waals surface area contributed by atoms with Crippen molar-refractivity contribution in [2.75, 3.05) is 19.1 Å². The van der Waals surface area contributed by atoms with Gasteiger partial charge in [0.15, 0.2) is 0 Å². The number of hydrogen-bond acceptors (Lipinski definition) is 5. The number of aliphatic hydroxyl groups is 1. The molecule has 1 aliphatic heterocycles. The first-order chi connectivity index (χ1) is 17.1. The summed E-state index contributed by atoms with van der Waals surface area (Å²) in [5, 5.41) is 11.6. The quantitative estimate of drug-likeness (QED) is 0.275. The Bertz CT molecular complexity index is 1350. The van der Waals surface area contributed by atoms with E-state index in [4.69, 9.17) is 9.47 Å². The zero-order valence-electron chi connectivity index (χ0n) is 21.5. The van der Waals surface area contributed by atoms with Gasteiger partial charge in [-0.15, -0.1) is 0 Å². The van der Waals surface area contributed by atoms with Crippen LogP contribution in [0.5, 0.6) is 11.5 Å². The number of nitrogens with zero attached hydrogens (tertiary/aromatic N) is 1. The summed E-state index contributed by atoms with van der Waals surface area (Å²) < 4.78 is 10.8. The molecule has 1 saturated heterocycles. The number of rotatable bonds is 5. The van der Waals surface area contributed by atoms with Crippen molar-refractivity contribution in [1.29, 1.82) is 0 Å². The van der Waals surface area contributed by atoms with Crippen molar-refractivity contribution in [3.8, 4) is 11.5 Å². The molecule has 0 radical (unpaired) electrons. The maximum absolute atomic E-state index is 13.5. The van der Waals surface area contributed by atoms with Crippen LogP contribution >= 0.6 is 0 Å². The van der Waals surface area contributed by atoms with Crippen LogP contribution in [0, 0.1) is 6.92 Å². The Morgan fingerprint density at radius 1 is 0.917 bits per heavy atom. The van der Waals surface area contributed by atoms with Gasteiger partial charge in [0.2, 0.25) is 0 Å². The van der Waals surface area contributed by atoms with Crippen molar-refractivity contribution in [1.82, 2.24) is 0 Å². The van der Waals surface area contributed by atoms with Gasteiger partial charge in [-0.2, -0.15) is 0 Å². The number of carbonyl (C=O) groups is 2. The van der Waals surface area contributed by atoms with E-state index in [9.17, 15) is 14.7 Å². The molecule has 3 aromatic rings. The van der Waals surface area contributed by atoms with Crippen molar-refractivity contribution < 1.29 is 24.2 Å². The first-order valence-electron chi connectivity index (χ1n) is 11.8. The fraction of sp³-hybridized carbons (Fsp3) is 0.267. The lowest BCUT2D eigenvalue weighted by molar-refractivity contribution is -0.132. The molecular formula is C30H31NO5. The van der Waals surface area contributed by atoms with Gasteiger partial charge in [0.1, 0.15) is 17.3 Å².